The minimum atomic E-state index is -0.224. The summed E-state index contributed by atoms with van der Waals surface area (Å²) in [4.78, 5) is 12.7. The van der Waals surface area contributed by atoms with Crippen LogP contribution in [0.4, 0.5) is 5.69 Å². The standard InChI is InChI=1S/C19H16ClNO2/c1-12-7-8-15(20)11-17(12)21-19(22)16-9-13-5-3-4-6-14(13)10-18(16)23-2/h3-11H,1-2H3,(H,21,22). The molecule has 0 aliphatic rings. The van der Waals surface area contributed by atoms with E-state index in [9.17, 15) is 4.79 Å². The summed E-state index contributed by atoms with van der Waals surface area (Å²) in [6.07, 6.45) is 0. The third-order valence-electron chi connectivity index (χ3n) is 3.76. The van der Waals surface area contributed by atoms with E-state index in [1.807, 2.05) is 49.4 Å². The third-order valence-corrected chi connectivity index (χ3v) is 4.00. The molecular formula is C19H16ClNO2. The molecule has 3 rings (SSSR count). The number of carbonyl (C=O) groups is 1. The lowest BCUT2D eigenvalue weighted by atomic mass is 10.0. The predicted octanol–water partition coefficient (Wildman–Crippen LogP) is 5.06. The van der Waals surface area contributed by atoms with Gasteiger partial charge in [0.25, 0.3) is 5.91 Å². The summed E-state index contributed by atoms with van der Waals surface area (Å²) in [7, 11) is 1.56. The van der Waals surface area contributed by atoms with Gasteiger partial charge >= 0.3 is 0 Å². The van der Waals surface area contributed by atoms with E-state index in [-0.39, 0.29) is 5.91 Å². The first kappa shape index (κ1) is 15.4. The van der Waals surface area contributed by atoms with E-state index < -0.39 is 0 Å². The van der Waals surface area contributed by atoms with Gasteiger partial charge in [-0.1, -0.05) is 41.9 Å². The molecule has 0 radical (unpaired) electrons. The molecule has 0 aliphatic heterocycles. The largest absolute Gasteiger partial charge is 0.496 e. The van der Waals surface area contributed by atoms with Gasteiger partial charge in [0.2, 0.25) is 0 Å². The SMILES string of the molecule is COc1cc2ccccc2cc1C(=O)Nc1cc(Cl)ccc1C. The van der Waals surface area contributed by atoms with E-state index >= 15 is 0 Å². The Hall–Kier alpha value is -2.52. The van der Waals surface area contributed by atoms with Gasteiger partial charge in [0.1, 0.15) is 5.75 Å². The second-order valence-corrected chi connectivity index (χ2v) is 5.75. The van der Waals surface area contributed by atoms with Crippen LogP contribution in [0, 0.1) is 6.92 Å². The van der Waals surface area contributed by atoms with Crippen LogP contribution in [0.25, 0.3) is 10.8 Å². The lowest BCUT2D eigenvalue weighted by molar-refractivity contribution is 0.102. The van der Waals surface area contributed by atoms with Crippen molar-refractivity contribution in [2.45, 2.75) is 6.92 Å². The molecule has 0 aromatic heterocycles. The average Bonchev–Trinajstić information content (AvgIpc) is 2.56. The molecule has 0 atom stereocenters. The lowest BCUT2D eigenvalue weighted by Crippen LogP contribution is -2.14. The van der Waals surface area contributed by atoms with Crippen LogP contribution in [0.2, 0.25) is 5.02 Å². The molecule has 0 fully saturated rings. The molecule has 3 aromatic carbocycles. The Morgan fingerprint density at radius 2 is 1.74 bits per heavy atom. The molecule has 23 heavy (non-hydrogen) atoms. The fourth-order valence-electron chi connectivity index (χ4n) is 2.48. The molecule has 1 amide bonds. The van der Waals surface area contributed by atoms with Gasteiger partial charge in [-0.15, -0.1) is 0 Å². The Balaban J connectivity index is 2.01. The molecule has 116 valence electrons. The summed E-state index contributed by atoms with van der Waals surface area (Å²) in [5.41, 5.74) is 2.13. The smallest absolute Gasteiger partial charge is 0.259 e. The number of hydrogen-bond acceptors (Lipinski definition) is 2. The molecule has 0 spiro atoms. The van der Waals surface area contributed by atoms with Crippen molar-refractivity contribution < 1.29 is 9.53 Å². The number of amides is 1. The van der Waals surface area contributed by atoms with Gasteiger partial charge in [-0.25, -0.2) is 0 Å². The predicted molar refractivity (Wildman–Crippen MR) is 94.6 cm³/mol. The monoisotopic (exact) mass is 325 g/mol. The normalized spacial score (nSPS) is 10.6. The number of hydrogen-bond donors (Lipinski definition) is 1. The van der Waals surface area contributed by atoms with E-state index in [1.54, 1.807) is 19.2 Å². The zero-order valence-electron chi connectivity index (χ0n) is 12.9. The van der Waals surface area contributed by atoms with Crippen LogP contribution >= 0.6 is 11.6 Å². The average molecular weight is 326 g/mol. The third kappa shape index (κ3) is 3.15. The lowest BCUT2D eigenvalue weighted by Gasteiger charge is -2.12. The van der Waals surface area contributed by atoms with Crippen molar-refractivity contribution in [3.05, 3.63) is 70.7 Å². The van der Waals surface area contributed by atoms with Crippen molar-refractivity contribution in [1.29, 1.82) is 0 Å². The highest BCUT2D eigenvalue weighted by molar-refractivity contribution is 6.31. The van der Waals surface area contributed by atoms with Crippen molar-refractivity contribution in [1.82, 2.24) is 0 Å². The number of methoxy groups -OCH3 is 1. The second-order valence-electron chi connectivity index (χ2n) is 5.31. The molecule has 3 aromatic rings. The fourth-order valence-corrected chi connectivity index (χ4v) is 2.66. The second kappa shape index (κ2) is 6.31. The molecule has 3 nitrogen and oxygen atoms in total. The highest BCUT2D eigenvalue weighted by Gasteiger charge is 2.15. The Labute approximate surface area is 139 Å². The first-order chi connectivity index (χ1) is 11.1. The summed E-state index contributed by atoms with van der Waals surface area (Å²) >= 11 is 6.01. The van der Waals surface area contributed by atoms with Gasteiger partial charge in [-0.05, 0) is 47.5 Å². The quantitative estimate of drug-likeness (QED) is 0.730. The van der Waals surface area contributed by atoms with Gasteiger partial charge in [0.05, 0.1) is 12.7 Å². The highest BCUT2D eigenvalue weighted by Crippen LogP contribution is 2.28. The summed E-state index contributed by atoms with van der Waals surface area (Å²) in [5, 5.41) is 5.50. The van der Waals surface area contributed by atoms with Crippen LogP contribution in [-0.2, 0) is 0 Å². The number of benzene rings is 3. The van der Waals surface area contributed by atoms with Crippen LogP contribution in [0.15, 0.2) is 54.6 Å². The first-order valence-corrected chi connectivity index (χ1v) is 7.60. The number of carbonyl (C=O) groups excluding carboxylic acids is 1. The minimum absolute atomic E-state index is 0.224. The zero-order chi connectivity index (χ0) is 16.4. The van der Waals surface area contributed by atoms with Crippen LogP contribution in [0.5, 0.6) is 5.75 Å². The molecular weight excluding hydrogens is 310 g/mol. The molecule has 0 unspecified atom stereocenters. The highest BCUT2D eigenvalue weighted by atomic mass is 35.5. The maximum Gasteiger partial charge on any atom is 0.259 e. The fraction of sp³-hybridized carbons (Fsp3) is 0.105. The number of anilines is 1. The Bertz CT molecular complexity index is 890. The van der Waals surface area contributed by atoms with E-state index in [2.05, 4.69) is 5.32 Å². The Morgan fingerprint density at radius 3 is 2.43 bits per heavy atom. The molecule has 4 heteroatoms. The maximum atomic E-state index is 12.7. The maximum absolute atomic E-state index is 12.7. The Kier molecular flexibility index (Phi) is 4.22. The summed E-state index contributed by atoms with van der Waals surface area (Å²) in [6.45, 7) is 1.92. The van der Waals surface area contributed by atoms with Crippen molar-refractivity contribution in [2.24, 2.45) is 0 Å². The summed E-state index contributed by atoms with van der Waals surface area (Å²) in [6, 6.07) is 17.0. The van der Waals surface area contributed by atoms with Crippen molar-refractivity contribution >= 4 is 34.0 Å². The van der Waals surface area contributed by atoms with E-state index in [1.165, 1.54) is 0 Å². The number of nitrogens with one attached hydrogen (secondary N) is 1. The van der Waals surface area contributed by atoms with Gasteiger partial charge < -0.3 is 10.1 Å². The molecule has 0 aliphatic carbocycles. The number of ether oxygens (including phenoxy) is 1. The zero-order valence-corrected chi connectivity index (χ0v) is 13.6. The van der Waals surface area contributed by atoms with Crippen LogP contribution in [-0.4, -0.2) is 13.0 Å². The van der Waals surface area contributed by atoms with Gasteiger partial charge in [0, 0.05) is 10.7 Å². The summed E-state index contributed by atoms with van der Waals surface area (Å²) in [5.74, 6) is 0.318. The number of fused-ring (bicyclic) bond motifs is 1. The van der Waals surface area contributed by atoms with Crippen molar-refractivity contribution in [2.75, 3.05) is 12.4 Å². The molecule has 0 heterocycles. The van der Waals surface area contributed by atoms with E-state index in [0.717, 1.165) is 16.3 Å². The van der Waals surface area contributed by atoms with Gasteiger partial charge in [-0.3, -0.25) is 4.79 Å². The van der Waals surface area contributed by atoms with Crippen molar-refractivity contribution in [3.63, 3.8) is 0 Å². The van der Waals surface area contributed by atoms with Gasteiger partial charge in [0.15, 0.2) is 0 Å². The van der Waals surface area contributed by atoms with Crippen LogP contribution < -0.4 is 10.1 Å². The van der Waals surface area contributed by atoms with E-state index in [0.29, 0.717) is 22.0 Å². The van der Waals surface area contributed by atoms with Crippen LogP contribution in [0.3, 0.4) is 0 Å². The number of rotatable bonds is 3. The molecule has 0 bridgehead atoms. The molecule has 0 saturated heterocycles. The van der Waals surface area contributed by atoms with Gasteiger partial charge in [-0.2, -0.15) is 0 Å². The van der Waals surface area contributed by atoms with Crippen LogP contribution in [0.1, 0.15) is 15.9 Å². The summed E-state index contributed by atoms with van der Waals surface area (Å²) < 4.78 is 5.38. The number of aryl methyl sites for hydroxylation is 1. The number of halogens is 1. The minimum Gasteiger partial charge on any atom is -0.496 e. The van der Waals surface area contributed by atoms with E-state index in [4.69, 9.17) is 16.3 Å². The first-order valence-electron chi connectivity index (χ1n) is 7.23. The van der Waals surface area contributed by atoms with Crippen molar-refractivity contribution in [3.8, 4) is 5.75 Å². The molecule has 1 N–H and O–H groups in total. The molecule has 0 saturated carbocycles. The topological polar surface area (TPSA) is 38.3 Å². The Morgan fingerprint density at radius 1 is 1.04 bits per heavy atom.